The average Bonchev–Trinajstić information content (AvgIpc) is 2.56. The highest BCUT2D eigenvalue weighted by Crippen LogP contribution is 2.12. The second-order valence-corrected chi connectivity index (χ2v) is 5.11. The molecular weight excluding hydrogens is 323 g/mol. The molecule has 2 aromatic rings. The molecule has 0 radical (unpaired) electrons. The lowest BCUT2D eigenvalue weighted by atomic mass is 10.1. The molecule has 7 heteroatoms. The van der Waals surface area contributed by atoms with Crippen LogP contribution in [0.15, 0.2) is 42.5 Å². The maximum Gasteiger partial charge on any atom is 0.224 e. The second-order valence-electron chi connectivity index (χ2n) is 5.11. The summed E-state index contributed by atoms with van der Waals surface area (Å²) < 4.78 is 44.4. The number of aliphatic hydroxyl groups excluding tert-OH is 1. The number of carbonyl (C=O) groups is 1. The number of ether oxygens (including phenoxy) is 1. The molecule has 0 saturated carbocycles. The van der Waals surface area contributed by atoms with Gasteiger partial charge in [-0.25, -0.2) is 13.2 Å². The van der Waals surface area contributed by atoms with Gasteiger partial charge in [0.05, 0.1) is 6.42 Å². The van der Waals surface area contributed by atoms with Crippen molar-refractivity contribution in [3.63, 3.8) is 0 Å². The lowest BCUT2D eigenvalue weighted by Gasteiger charge is -2.13. The van der Waals surface area contributed by atoms with Crippen LogP contribution in [0.4, 0.5) is 13.2 Å². The van der Waals surface area contributed by atoms with Crippen LogP contribution in [0.2, 0.25) is 0 Å². The summed E-state index contributed by atoms with van der Waals surface area (Å²) in [6.07, 6.45) is -1.34. The van der Waals surface area contributed by atoms with E-state index in [1.54, 1.807) is 0 Å². The Labute approximate surface area is 136 Å². The summed E-state index contributed by atoms with van der Waals surface area (Å²) >= 11 is 0. The molecule has 0 saturated heterocycles. The molecule has 0 aromatic heterocycles. The van der Waals surface area contributed by atoms with E-state index in [1.165, 1.54) is 36.4 Å². The van der Waals surface area contributed by atoms with Crippen LogP contribution in [-0.2, 0) is 11.2 Å². The number of hydrogen-bond donors (Lipinski definition) is 2. The molecule has 128 valence electrons. The first kappa shape index (κ1) is 17.8. The van der Waals surface area contributed by atoms with Crippen molar-refractivity contribution in [3.05, 3.63) is 65.5 Å². The monoisotopic (exact) mass is 339 g/mol. The molecule has 1 atom stereocenters. The summed E-state index contributed by atoms with van der Waals surface area (Å²) in [4.78, 5) is 11.7. The molecule has 0 aliphatic heterocycles. The summed E-state index contributed by atoms with van der Waals surface area (Å²) in [6.45, 7) is -0.225. The number of halogens is 3. The predicted molar refractivity (Wildman–Crippen MR) is 81.0 cm³/mol. The van der Waals surface area contributed by atoms with Gasteiger partial charge in [-0.3, -0.25) is 4.79 Å². The second kappa shape index (κ2) is 8.35. The Balaban J connectivity index is 1.74. The quantitative estimate of drug-likeness (QED) is 0.813. The minimum atomic E-state index is -1.06. The van der Waals surface area contributed by atoms with Crippen molar-refractivity contribution in [1.29, 1.82) is 0 Å². The Bertz CT molecular complexity index is 692. The van der Waals surface area contributed by atoms with Crippen LogP contribution in [-0.4, -0.2) is 30.3 Å². The van der Waals surface area contributed by atoms with Gasteiger partial charge in [-0.05, 0) is 30.3 Å². The lowest BCUT2D eigenvalue weighted by Crippen LogP contribution is -2.36. The van der Waals surface area contributed by atoms with Crippen LogP contribution in [0.5, 0.6) is 5.75 Å². The number of nitrogens with one attached hydrogen (secondary N) is 1. The molecular formula is C17H16F3NO3. The zero-order chi connectivity index (χ0) is 17.5. The van der Waals surface area contributed by atoms with Crippen molar-refractivity contribution in [2.75, 3.05) is 13.2 Å². The van der Waals surface area contributed by atoms with Gasteiger partial charge in [-0.1, -0.05) is 12.1 Å². The zero-order valence-electron chi connectivity index (χ0n) is 12.6. The Kier molecular flexibility index (Phi) is 6.20. The summed E-state index contributed by atoms with van der Waals surface area (Å²) in [5.41, 5.74) is -0.0652. The molecule has 2 N–H and O–H groups in total. The molecule has 2 rings (SSSR count). The van der Waals surface area contributed by atoms with E-state index >= 15 is 0 Å². The van der Waals surface area contributed by atoms with Gasteiger partial charge < -0.3 is 15.2 Å². The minimum Gasteiger partial charge on any atom is -0.491 e. The highest BCUT2D eigenvalue weighted by molar-refractivity contribution is 5.78. The fourth-order valence-corrected chi connectivity index (χ4v) is 1.93. The van der Waals surface area contributed by atoms with Crippen LogP contribution >= 0.6 is 0 Å². The van der Waals surface area contributed by atoms with Crippen molar-refractivity contribution in [1.82, 2.24) is 5.32 Å². The Morgan fingerprint density at radius 1 is 1.12 bits per heavy atom. The van der Waals surface area contributed by atoms with E-state index in [4.69, 9.17) is 4.74 Å². The average molecular weight is 339 g/mol. The van der Waals surface area contributed by atoms with Crippen molar-refractivity contribution in [3.8, 4) is 5.75 Å². The zero-order valence-corrected chi connectivity index (χ0v) is 12.6. The van der Waals surface area contributed by atoms with E-state index in [0.717, 1.165) is 6.07 Å². The fourth-order valence-electron chi connectivity index (χ4n) is 1.93. The number of carbonyl (C=O) groups excluding carboxylic acids is 1. The third-order valence-electron chi connectivity index (χ3n) is 3.17. The maximum absolute atomic E-state index is 13.4. The first-order valence-electron chi connectivity index (χ1n) is 7.21. The summed E-state index contributed by atoms with van der Waals surface area (Å²) in [5, 5.41) is 12.1. The number of hydrogen-bond acceptors (Lipinski definition) is 3. The number of rotatable bonds is 7. The van der Waals surface area contributed by atoms with Gasteiger partial charge in [-0.15, -0.1) is 0 Å². The molecule has 0 aliphatic rings. The molecule has 0 spiro atoms. The third-order valence-corrected chi connectivity index (χ3v) is 3.17. The Morgan fingerprint density at radius 2 is 1.83 bits per heavy atom. The maximum atomic E-state index is 13.4. The van der Waals surface area contributed by atoms with E-state index in [2.05, 4.69) is 5.32 Å². The molecule has 4 nitrogen and oxygen atoms in total. The van der Waals surface area contributed by atoms with E-state index < -0.39 is 29.5 Å². The van der Waals surface area contributed by atoms with Gasteiger partial charge in [0, 0.05) is 12.1 Å². The van der Waals surface area contributed by atoms with Gasteiger partial charge in [0.25, 0.3) is 0 Å². The van der Waals surface area contributed by atoms with Crippen LogP contribution in [0.3, 0.4) is 0 Å². The predicted octanol–water partition coefficient (Wildman–Crippen LogP) is 2.20. The molecule has 1 unspecified atom stereocenters. The van der Waals surface area contributed by atoms with E-state index in [-0.39, 0.29) is 25.1 Å². The summed E-state index contributed by atoms with van der Waals surface area (Å²) in [7, 11) is 0. The van der Waals surface area contributed by atoms with E-state index in [1.807, 2.05) is 0 Å². The van der Waals surface area contributed by atoms with E-state index in [9.17, 15) is 23.1 Å². The van der Waals surface area contributed by atoms with Gasteiger partial charge in [-0.2, -0.15) is 0 Å². The first-order valence-corrected chi connectivity index (χ1v) is 7.21. The molecule has 1 amide bonds. The van der Waals surface area contributed by atoms with Crippen LogP contribution in [0.25, 0.3) is 0 Å². The Morgan fingerprint density at radius 3 is 2.54 bits per heavy atom. The van der Waals surface area contributed by atoms with Crippen molar-refractivity contribution < 1.29 is 27.8 Å². The van der Waals surface area contributed by atoms with Crippen molar-refractivity contribution in [2.24, 2.45) is 0 Å². The largest absolute Gasteiger partial charge is 0.491 e. The van der Waals surface area contributed by atoms with Gasteiger partial charge in [0.1, 0.15) is 24.3 Å². The van der Waals surface area contributed by atoms with Gasteiger partial charge in [0.2, 0.25) is 5.91 Å². The third kappa shape index (κ3) is 5.27. The molecule has 2 aromatic carbocycles. The van der Waals surface area contributed by atoms with Crippen LogP contribution < -0.4 is 10.1 Å². The van der Waals surface area contributed by atoms with Crippen molar-refractivity contribution >= 4 is 5.91 Å². The fraction of sp³-hybridized carbons (Fsp3) is 0.235. The number of amides is 1. The number of aliphatic hydroxyl groups is 1. The smallest absolute Gasteiger partial charge is 0.224 e. The standard InChI is InChI=1S/C17H16F3NO3/c18-12-4-6-14(7-5-12)24-10-13(22)9-21-16(23)8-11-2-1-3-15(19)17(11)20/h1-7,13,22H,8-10H2,(H,21,23). The van der Waals surface area contributed by atoms with Crippen LogP contribution in [0, 0.1) is 17.5 Å². The van der Waals surface area contributed by atoms with Crippen molar-refractivity contribution in [2.45, 2.75) is 12.5 Å². The normalized spacial score (nSPS) is 11.8. The topological polar surface area (TPSA) is 58.6 Å². The minimum absolute atomic E-state index is 0.0652. The number of benzene rings is 2. The van der Waals surface area contributed by atoms with Gasteiger partial charge >= 0.3 is 0 Å². The molecule has 0 heterocycles. The highest BCUT2D eigenvalue weighted by atomic mass is 19.2. The highest BCUT2D eigenvalue weighted by Gasteiger charge is 2.13. The molecule has 0 aliphatic carbocycles. The Hall–Kier alpha value is -2.54. The molecule has 0 fully saturated rings. The van der Waals surface area contributed by atoms with Gasteiger partial charge in [0.15, 0.2) is 11.6 Å². The molecule has 24 heavy (non-hydrogen) atoms. The molecule has 0 bridgehead atoms. The summed E-state index contributed by atoms with van der Waals surface area (Å²) in [5.74, 6) is -2.66. The van der Waals surface area contributed by atoms with E-state index in [0.29, 0.717) is 5.75 Å². The summed E-state index contributed by atoms with van der Waals surface area (Å²) in [6, 6.07) is 8.85. The lowest BCUT2D eigenvalue weighted by molar-refractivity contribution is -0.121. The SMILES string of the molecule is O=C(Cc1cccc(F)c1F)NCC(O)COc1ccc(F)cc1. The first-order chi connectivity index (χ1) is 11.5. The van der Waals surface area contributed by atoms with Crippen LogP contribution in [0.1, 0.15) is 5.56 Å².